The van der Waals surface area contributed by atoms with Gasteiger partial charge in [0.25, 0.3) is 11.8 Å². The summed E-state index contributed by atoms with van der Waals surface area (Å²) in [4.78, 5) is 39.6. The Morgan fingerprint density at radius 3 is 2.27 bits per heavy atom. The topological polar surface area (TPSA) is 84.9 Å². The summed E-state index contributed by atoms with van der Waals surface area (Å²) in [6, 6.07) is 23.3. The zero-order valence-corrected chi connectivity index (χ0v) is 22.8. The summed E-state index contributed by atoms with van der Waals surface area (Å²) in [6.45, 7) is 0.120. The molecular formula is C31H21Cl2FN2O5. The molecule has 1 N–H and O–H groups in total. The van der Waals surface area contributed by atoms with Gasteiger partial charge in [-0.1, -0.05) is 65.7 Å². The molecule has 0 saturated carbocycles. The van der Waals surface area contributed by atoms with E-state index in [0.29, 0.717) is 32.7 Å². The van der Waals surface area contributed by atoms with Gasteiger partial charge in [-0.25, -0.2) is 14.1 Å². The number of barbiturate groups is 1. The Morgan fingerprint density at radius 2 is 1.51 bits per heavy atom. The molecule has 0 atom stereocenters. The molecule has 1 fully saturated rings. The van der Waals surface area contributed by atoms with Crippen LogP contribution < -0.4 is 19.7 Å². The second-order valence-electron chi connectivity index (χ2n) is 8.89. The van der Waals surface area contributed by atoms with Gasteiger partial charge in [0.2, 0.25) is 0 Å². The zero-order valence-electron chi connectivity index (χ0n) is 21.3. The average Bonchev–Trinajstić information content (AvgIpc) is 2.95. The molecular weight excluding hydrogens is 570 g/mol. The fraction of sp³-hybridized carbons (Fsp3) is 0.0645. The second-order valence-corrected chi connectivity index (χ2v) is 9.74. The number of carbonyl (C=O) groups excluding carboxylic acids is 3. The Balaban J connectivity index is 1.34. The number of ether oxygens (including phenoxy) is 2. The van der Waals surface area contributed by atoms with Crippen molar-refractivity contribution in [2.75, 3.05) is 4.90 Å². The molecule has 206 valence electrons. The first kappa shape index (κ1) is 27.9. The fourth-order valence-electron chi connectivity index (χ4n) is 4.04. The number of urea groups is 1. The number of amides is 4. The zero-order chi connectivity index (χ0) is 28.9. The van der Waals surface area contributed by atoms with Crippen molar-refractivity contribution >= 4 is 52.8 Å². The molecule has 0 unspecified atom stereocenters. The van der Waals surface area contributed by atoms with E-state index in [-0.39, 0.29) is 24.5 Å². The normalized spacial score (nSPS) is 14.3. The van der Waals surface area contributed by atoms with Crippen molar-refractivity contribution in [3.8, 4) is 11.5 Å². The average molecular weight is 591 g/mol. The van der Waals surface area contributed by atoms with Crippen LogP contribution in [-0.2, 0) is 22.8 Å². The number of para-hydroxylation sites is 1. The number of carbonyl (C=O) groups is 3. The van der Waals surface area contributed by atoms with Gasteiger partial charge in [-0.2, -0.15) is 0 Å². The molecule has 7 nitrogen and oxygen atoms in total. The van der Waals surface area contributed by atoms with Gasteiger partial charge in [0.15, 0.2) is 0 Å². The highest BCUT2D eigenvalue weighted by molar-refractivity contribution is 6.39. The lowest BCUT2D eigenvalue weighted by atomic mass is 10.1. The van der Waals surface area contributed by atoms with E-state index in [1.54, 1.807) is 72.8 Å². The second kappa shape index (κ2) is 12.2. The maximum atomic E-state index is 14.0. The van der Waals surface area contributed by atoms with Crippen LogP contribution in [-0.4, -0.2) is 17.8 Å². The minimum atomic E-state index is -0.886. The first-order chi connectivity index (χ1) is 19.8. The summed E-state index contributed by atoms with van der Waals surface area (Å²) in [5, 5.41) is 3.18. The van der Waals surface area contributed by atoms with Gasteiger partial charge in [-0.05, 0) is 54.6 Å². The van der Waals surface area contributed by atoms with Gasteiger partial charge in [-0.3, -0.25) is 14.9 Å². The van der Waals surface area contributed by atoms with Gasteiger partial charge < -0.3 is 9.47 Å². The number of rotatable bonds is 8. The van der Waals surface area contributed by atoms with Crippen molar-refractivity contribution in [1.82, 2.24) is 5.32 Å². The molecule has 1 heterocycles. The van der Waals surface area contributed by atoms with Crippen LogP contribution in [0.4, 0.5) is 14.9 Å². The van der Waals surface area contributed by atoms with E-state index in [0.717, 1.165) is 10.5 Å². The molecule has 0 bridgehead atoms. The number of imide groups is 2. The van der Waals surface area contributed by atoms with E-state index in [4.69, 9.17) is 32.7 Å². The minimum Gasteiger partial charge on any atom is -0.489 e. The number of halogens is 3. The third-order valence-corrected chi connectivity index (χ3v) is 6.75. The smallest absolute Gasteiger partial charge is 0.335 e. The van der Waals surface area contributed by atoms with E-state index in [9.17, 15) is 18.8 Å². The highest BCUT2D eigenvalue weighted by Crippen LogP contribution is 2.28. The summed E-state index contributed by atoms with van der Waals surface area (Å²) >= 11 is 12.1. The Hall–Kier alpha value is -4.66. The molecule has 41 heavy (non-hydrogen) atoms. The van der Waals surface area contributed by atoms with Crippen molar-refractivity contribution in [2.24, 2.45) is 0 Å². The molecule has 5 rings (SSSR count). The largest absolute Gasteiger partial charge is 0.489 e. The highest BCUT2D eigenvalue weighted by Gasteiger charge is 2.37. The lowest BCUT2D eigenvalue weighted by Crippen LogP contribution is -2.54. The third-order valence-electron chi connectivity index (χ3n) is 6.17. The van der Waals surface area contributed by atoms with Crippen LogP contribution in [0.25, 0.3) is 6.08 Å². The maximum Gasteiger partial charge on any atom is 0.335 e. The van der Waals surface area contributed by atoms with Crippen LogP contribution >= 0.6 is 23.2 Å². The van der Waals surface area contributed by atoms with Crippen LogP contribution in [0.1, 0.15) is 16.7 Å². The minimum absolute atomic E-state index is 0.0593. The van der Waals surface area contributed by atoms with Crippen molar-refractivity contribution in [3.05, 3.63) is 129 Å². The number of hydrogen-bond donors (Lipinski definition) is 1. The lowest BCUT2D eigenvalue weighted by molar-refractivity contribution is -0.122. The van der Waals surface area contributed by atoms with Crippen molar-refractivity contribution in [3.63, 3.8) is 0 Å². The number of nitrogens with one attached hydrogen (secondary N) is 1. The fourth-order valence-corrected chi connectivity index (χ4v) is 4.50. The molecule has 4 aromatic carbocycles. The Labute approximate surface area is 244 Å². The van der Waals surface area contributed by atoms with E-state index >= 15 is 0 Å². The molecule has 0 aliphatic carbocycles. The first-order valence-electron chi connectivity index (χ1n) is 12.3. The van der Waals surface area contributed by atoms with Crippen molar-refractivity contribution in [2.45, 2.75) is 13.2 Å². The van der Waals surface area contributed by atoms with Crippen LogP contribution in [0, 0.1) is 5.82 Å². The predicted octanol–water partition coefficient (Wildman–Crippen LogP) is 6.96. The standard InChI is InChI=1S/C31H21Cl2FN2O5/c32-22-10-9-20(26(33)16-22)17-40-24-13-11-23(12-14-24)36-30(38)25(29(37)35-31(36)39)15-19-5-2-4-8-28(19)41-18-21-6-1-3-7-27(21)34/h1-16H,17-18H2,(H,35,37,39)/b25-15+. The molecule has 0 spiro atoms. The van der Waals surface area contributed by atoms with Gasteiger partial charge >= 0.3 is 6.03 Å². The molecule has 0 radical (unpaired) electrons. The number of benzene rings is 4. The van der Waals surface area contributed by atoms with E-state index in [2.05, 4.69) is 5.32 Å². The Morgan fingerprint density at radius 1 is 0.805 bits per heavy atom. The third kappa shape index (κ3) is 6.40. The van der Waals surface area contributed by atoms with E-state index in [1.807, 2.05) is 0 Å². The SMILES string of the molecule is O=C1NC(=O)N(c2ccc(OCc3ccc(Cl)cc3Cl)cc2)C(=O)/C1=C/c1ccccc1OCc1ccccc1F. The van der Waals surface area contributed by atoms with Gasteiger partial charge in [0.1, 0.15) is 36.1 Å². The van der Waals surface area contributed by atoms with E-state index in [1.165, 1.54) is 24.3 Å². The molecule has 10 heteroatoms. The summed E-state index contributed by atoms with van der Waals surface area (Å²) in [5.74, 6) is -1.28. The Kier molecular flexibility index (Phi) is 8.33. The predicted molar refractivity (Wildman–Crippen MR) is 153 cm³/mol. The lowest BCUT2D eigenvalue weighted by Gasteiger charge is -2.26. The summed E-state index contributed by atoms with van der Waals surface area (Å²) in [7, 11) is 0. The number of hydrogen-bond acceptors (Lipinski definition) is 5. The van der Waals surface area contributed by atoms with Crippen molar-refractivity contribution in [1.29, 1.82) is 0 Å². The van der Waals surface area contributed by atoms with Crippen LogP contribution in [0.2, 0.25) is 10.0 Å². The molecule has 4 aromatic rings. The summed E-state index contributed by atoms with van der Waals surface area (Å²) in [5.41, 5.74) is 1.44. The van der Waals surface area contributed by atoms with E-state index < -0.39 is 23.7 Å². The van der Waals surface area contributed by atoms with Gasteiger partial charge in [-0.15, -0.1) is 0 Å². The van der Waals surface area contributed by atoms with Crippen molar-refractivity contribution < 1.29 is 28.2 Å². The molecule has 1 aliphatic heterocycles. The number of anilines is 1. The molecule has 0 aromatic heterocycles. The quantitative estimate of drug-likeness (QED) is 0.177. The molecule has 1 aliphatic rings. The van der Waals surface area contributed by atoms with Gasteiger partial charge in [0, 0.05) is 26.7 Å². The summed E-state index contributed by atoms with van der Waals surface area (Å²) in [6.07, 6.45) is 1.33. The van der Waals surface area contributed by atoms with Crippen LogP contribution in [0.15, 0.2) is 96.6 Å². The first-order valence-corrected chi connectivity index (χ1v) is 13.1. The monoisotopic (exact) mass is 590 g/mol. The highest BCUT2D eigenvalue weighted by atomic mass is 35.5. The number of nitrogens with zero attached hydrogens (tertiary/aromatic N) is 1. The molecule has 4 amide bonds. The summed E-state index contributed by atoms with van der Waals surface area (Å²) < 4.78 is 25.6. The van der Waals surface area contributed by atoms with Crippen LogP contribution in [0.5, 0.6) is 11.5 Å². The maximum absolute atomic E-state index is 14.0. The molecule has 1 saturated heterocycles. The van der Waals surface area contributed by atoms with Gasteiger partial charge in [0.05, 0.1) is 5.69 Å². The Bertz CT molecular complexity index is 1670. The van der Waals surface area contributed by atoms with Crippen LogP contribution in [0.3, 0.4) is 0 Å².